The molecule has 0 aromatic heterocycles. The van der Waals surface area contributed by atoms with Crippen molar-refractivity contribution in [2.24, 2.45) is 17.8 Å². The predicted octanol–water partition coefficient (Wildman–Crippen LogP) is 3.50. The van der Waals surface area contributed by atoms with Crippen LogP contribution >= 0.6 is 0 Å². The third-order valence-corrected chi connectivity index (χ3v) is 7.77. The molecular formula is C24H34N2O3. The van der Waals surface area contributed by atoms with Crippen molar-refractivity contribution in [3.63, 3.8) is 0 Å². The summed E-state index contributed by atoms with van der Waals surface area (Å²) in [4.78, 5) is 18.2. The van der Waals surface area contributed by atoms with Gasteiger partial charge in [-0.1, -0.05) is 12.1 Å². The highest BCUT2D eigenvalue weighted by molar-refractivity contribution is 5.79. The maximum absolute atomic E-state index is 13.1. The molecule has 4 saturated heterocycles. The van der Waals surface area contributed by atoms with Gasteiger partial charge in [0, 0.05) is 50.8 Å². The maximum Gasteiger partial charge on any atom is 0.225 e. The Kier molecular flexibility index (Phi) is 5.53. The number of hydrogen-bond acceptors (Lipinski definition) is 4. The molecule has 29 heavy (non-hydrogen) atoms. The third kappa shape index (κ3) is 3.79. The Bertz CT molecular complexity index is 715. The van der Waals surface area contributed by atoms with Crippen LogP contribution < -0.4 is 4.74 Å². The van der Waals surface area contributed by atoms with E-state index in [0.717, 1.165) is 51.4 Å². The molecule has 2 bridgehead atoms. The van der Waals surface area contributed by atoms with E-state index in [4.69, 9.17) is 9.47 Å². The summed E-state index contributed by atoms with van der Waals surface area (Å²) >= 11 is 0. The fourth-order valence-corrected chi connectivity index (χ4v) is 6.37. The normalized spacial score (nSPS) is 33.2. The first kappa shape index (κ1) is 19.4. The Balaban J connectivity index is 1.30. The molecule has 4 aliphatic heterocycles. The van der Waals surface area contributed by atoms with Gasteiger partial charge < -0.3 is 14.4 Å². The standard InChI is InChI=1S/C24H34N2O3/c1-28-21-7-5-18(6-8-21)22-3-2-4-23-20-13-17(15-26(22)23)14-25(16-20)24(27)19-9-11-29-12-10-19/h5-8,17,19-20,22-23H,2-4,9-16H2,1H3/t17-,20+,22+,23-/m0/s1. The van der Waals surface area contributed by atoms with E-state index < -0.39 is 0 Å². The molecule has 0 radical (unpaired) electrons. The Hall–Kier alpha value is -1.59. The van der Waals surface area contributed by atoms with Crippen LogP contribution in [-0.4, -0.2) is 61.7 Å². The van der Waals surface area contributed by atoms with E-state index in [2.05, 4.69) is 34.1 Å². The minimum Gasteiger partial charge on any atom is -0.497 e. The molecule has 0 aliphatic carbocycles. The van der Waals surface area contributed by atoms with Crippen LogP contribution in [0.4, 0.5) is 0 Å². The van der Waals surface area contributed by atoms with E-state index >= 15 is 0 Å². The van der Waals surface area contributed by atoms with Crippen LogP contribution in [0.25, 0.3) is 0 Å². The van der Waals surface area contributed by atoms with Crippen molar-refractivity contribution in [2.75, 3.05) is 40.0 Å². The van der Waals surface area contributed by atoms with Crippen LogP contribution in [0.5, 0.6) is 5.75 Å². The Labute approximate surface area is 174 Å². The lowest BCUT2D eigenvalue weighted by atomic mass is 9.73. The number of likely N-dealkylation sites (tertiary alicyclic amines) is 1. The smallest absolute Gasteiger partial charge is 0.225 e. The number of fused-ring (bicyclic) bond motifs is 4. The second-order valence-corrected chi connectivity index (χ2v) is 9.48. The minimum atomic E-state index is 0.192. The Morgan fingerprint density at radius 1 is 1.03 bits per heavy atom. The van der Waals surface area contributed by atoms with Crippen molar-refractivity contribution >= 4 is 5.91 Å². The largest absolute Gasteiger partial charge is 0.497 e. The highest BCUT2D eigenvalue weighted by Gasteiger charge is 2.46. The number of piperidine rings is 3. The molecule has 5 rings (SSSR count). The molecule has 4 atom stereocenters. The second kappa shape index (κ2) is 8.27. The lowest BCUT2D eigenvalue weighted by molar-refractivity contribution is -0.146. The van der Waals surface area contributed by atoms with Gasteiger partial charge in [-0.3, -0.25) is 9.69 Å². The quantitative estimate of drug-likeness (QED) is 0.782. The number of carbonyl (C=O) groups is 1. The molecule has 0 spiro atoms. The first-order chi connectivity index (χ1) is 14.2. The fourth-order valence-electron chi connectivity index (χ4n) is 6.37. The second-order valence-electron chi connectivity index (χ2n) is 9.48. The molecule has 0 unspecified atom stereocenters. The van der Waals surface area contributed by atoms with Crippen LogP contribution in [0.2, 0.25) is 0 Å². The highest BCUT2D eigenvalue weighted by Crippen LogP contribution is 2.44. The molecule has 5 heteroatoms. The van der Waals surface area contributed by atoms with Crippen LogP contribution in [0, 0.1) is 17.8 Å². The number of ether oxygens (including phenoxy) is 2. The molecule has 4 heterocycles. The number of carbonyl (C=O) groups excluding carboxylic acids is 1. The summed E-state index contributed by atoms with van der Waals surface area (Å²) < 4.78 is 10.8. The molecule has 4 fully saturated rings. The maximum atomic E-state index is 13.1. The van der Waals surface area contributed by atoms with Gasteiger partial charge in [-0.2, -0.15) is 0 Å². The molecule has 0 N–H and O–H groups in total. The molecule has 1 aromatic rings. The summed E-state index contributed by atoms with van der Waals surface area (Å²) in [6.07, 6.45) is 6.91. The van der Waals surface area contributed by atoms with Crippen molar-refractivity contribution in [1.29, 1.82) is 0 Å². The Morgan fingerprint density at radius 3 is 2.59 bits per heavy atom. The third-order valence-electron chi connectivity index (χ3n) is 7.77. The summed E-state index contributed by atoms with van der Waals surface area (Å²) in [6.45, 7) is 4.54. The van der Waals surface area contributed by atoms with E-state index in [1.165, 1.54) is 31.2 Å². The molecule has 158 valence electrons. The van der Waals surface area contributed by atoms with Gasteiger partial charge in [0.1, 0.15) is 5.75 Å². The number of benzene rings is 1. The zero-order valence-corrected chi connectivity index (χ0v) is 17.6. The van der Waals surface area contributed by atoms with Gasteiger partial charge >= 0.3 is 0 Å². The molecule has 5 nitrogen and oxygen atoms in total. The first-order valence-electron chi connectivity index (χ1n) is 11.5. The number of hydrogen-bond donors (Lipinski definition) is 0. The molecular weight excluding hydrogens is 364 g/mol. The van der Waals surface area contributed by atoms with Gasteiger partial charge in [0.15, 0.2) is 0 Å². The fraction of sp³-hybridized carbons (Fsp3) is 0.708. The van der Waals surface area contributed by atoms with Gasteiger partial charge in [0.25, 0.3) is 0 Å². The van der Waals surface area contributed by atoms with Gasteiger partial charge in [-0.15, -0.1) is 0 Å². The van der Waals surface area contributed by atoms with E-state index in [1.54, 1.807) is 7.11 Å². The summed E-state index contributed by atoms with van der Waals surface area (Å²) in [5.74, 6) is 2.77. The van der Waals surface area contributed by atoms with Gasteiger partial charge in [-0.25, -0.2) is 0 Å². The number of rotatable bonds is 3. The van der Waals surface area contributed by atoms with Crippen LogP contribution in [0.15, 0.2) is 24.3 Å². The molecule has 4 aliphatic rings. The van der Waals surface area contributed by atoms with Gasteiger partial charge in [0.2, 0.25) is 5.91 Å². The summed E-state index contributed by atoms with van der Waals surface area (Å²) in [5.41, 5.74) is 1.42. The molecule has 1 amide bonds. The van der Waals surface area contributed by atoms with Crippen molar-refractivity contribution in [2.45, 2.75) is 50.6 Å². The van der Waals surface area contributed by atoms with E-state index in [-0.39, 0.29) is 5.92 Å². The van der Waals surface area contributed by atoms with Gasteiger partial charge in [-0.05, 0) is 68.1 Å². The van der Waals surface area contributed by atoms with E-state index in [1.807, 2.05) is 0 Å². The number of amides is 1. The van der Waals surface area contributed by atoms with Gasteiger partial charge in [0.05, 0.1) is 7.11 Å². The van der Waals surface area contributed by atoms with Crippen molar-refractivity contribution < 1.29 is 14.3 Å². The zero-order chi connectivity index (χ0) is 19.8. The summed E-state index contributed by atoms with van der Waals surface area (Å²) in [5, 5.41) is 0. The van der Waals surface area contributed by atoms with Crippen LogP contribution in [-0.2, 0) is 9.53 Å². The summed E-state index contributed by atoms with van der Waals surface area (Å²) in [6, 6.07) is 9.82. The van der Waals surface area contributed by atoms with E-state index in [9.17, 15) is 4.79 Å². The van der Waals surface area contributed by atoms with Crippen LogP contribution in [0.3, 0.4) is 0 Å². The average molecular weight is 399 g/mol. The lowest BCUT2D eigenvalue weighted by Crippen LogP contribution is -2.61. The summed E-state index contributed by atoms with van der Waals surface area (Å²) in [7, 11) is 1.73. The van der Waals surface area contributed by atoms with Crippen molar-refractivity contribution in [1.82, 2.24) is 9.80 Å². The van der Waals surface area contributed by atoms with Crippen LogP contribution in [0.1, 0.15) is 50.1 Å². The number of methoxy groups -OCH3 is 1. The number of nitrogens with zero attached hydrogens (tertiary/aromatic N) is 2. The Morgan fingerprint density at radius 2 is 1.83 bits per heavy atom. The van der Waals surface area contributed by atoms with Crippen molar-refractivity contribution in [3.8, 4) is 5.75 Å². The van der Waals surface area contributed by atoms with E-state index in [0.29, 0.717) is 29.8 Å². The SMILES string of the molecule is COc1ccc([C@H]2CCC[C@H]3[C@@H]4C[C@@H](CN(C(=O)C5CCOCC5)C4)CN23)cc1. The topological polar surface area (TPSA) is 42.0 Å². The zero-order valence-electron chi connectivity index (χ0n) is 17.6. The highest BCUT2D eigenvalue weighted by atomic mass is 16.5. The monoisotopic (exact) mass is 398 g/mol. The molecule has 0 saturated carbocycles. The average Bonchev–Trinajstić information content (AvgIpc) is 2.79. The minimum absolute atomic E-state index is 0.192. The molecule has 1 aromatic carbocycles. The van der Waals surface area contributed by atoms with Crippen molar-refractivity contribution in [3.05, 3.63) is 29.8 Å². The first-order valence-corrected chi connectivity index (χ1v) is 11.5. The lowest BCUT2D eigenvalue weighted by Gasteiger charge is -2.55. The predicted molar refractivity (Wildman–Crippen MR) is 112 cm³/mol.